The molecule has 31 heavy (non-hydrogen) atoms. The Labute approximate surface area is 181 Å². The standard InChI is InChI=1S/C21H25N7O2S/c1-23-14-17(13-22)15-3-4-19-18(11-15)21(26-25-19)16-5-6-24-20(12-16)27-7-9-28(10-8-27)31(2,29)30/h3-6,11-14H,7-10,22H2,1-2H3,(H,25,26). The number of anilines is 1. The van der Waals surface area contributed by atoms with Gasteiger partial charge in [0, 0.05) is 68.4 Å². The Morgan fingerprint density at radius 3 is 2.65 bits per heavy atom. The molecular weight excluding hydrogens is 414 g/mol. The number of piperazine rings is 1. The van der Waals surface area contributed by atoms with E-state index in [0.717, 1.165) is 39.1 Å². The molecular formula is C21H25N7O2S. The van der Waals surface area contributed by atoms with Crippen LogP contribution >= 0.6 is 0 Å². The summed E-state index contributed by atoms with van der Waals surface area (Å²) in [5.41, 5.74) is 10.2. The number of hydrogen-bond donors (Lipinski definition) is 2. The third-order valence-corrected chi connectivity index (χ3v) is 6.70. The molecule has 3 aromatic rings. The van der Waals surface area contributed by atoms with Crippen molar-refractivity contribution in [3.63, 3.8) is 0 Å². The van der Waals surface area contributed by atoms with E-state index >= 15 is 0 Å². The zero-order valence-electron chi connectivity index (χ0n) is 17.5. The van der Waals surface area contributed by atoms with Gasteiger partial charge in [-0.3, -0.25) is 10.1 Å². The van der Waals surface area contributed by atoms with E-state index in [0.29, 0.717) is 26.2 Å². The molecule has 0 radical (unpaired) electrons. The minimum Gasteiger partial charge on any atom is -0.404 e. The molecule has 1 aliphatic rings. The molecule has 162 valence electrons. The van der Waals surface area contributed by atoms with Crippen LogP contribution in [0.15, 0.2) is 47.7 Å². The van der Waals surface area contributed by atoms with E-state index in [1.165, 1.54) is 16.8 Å². The van der Waals surface area contributed by atoms with Gasteiger partial charge in [0.1, 0.15) is 11.5 Å². The van der Waals surface area contributed by atoms with E-state index < -0.39 is 10.0 Å². The van der Waals surface area contributed by atoms with Crippen molar-refractivity contribution in [2.45, 2.75) is 0 Å². The molecule has 4 rings (SSSR count). The summed E-state index contributed by atoms with van der Waals surface area (Å²) in [5, 5.41) is 8.58. The Hall–Kier alpha value is -3.24. The highest BCUT2D eigenvalue weighted by Crippen LogP contribution is 2.30. The smallest absolute Gasteiger partial charge is 0.211 e. The highest BCUT2D eigenvalue weighted by Gasteiger charge is 2.24. The largest absolute Gasteiger partial charge is 0.404 e. The Balaban J connectivity index is 1.65. The number of aromatic amines is 1. The summed E-state index contributed by atoms with van der Waals surface area (Å²) < 4.78 is 25.0. The second-order valence-corrected chi connectivity index (χ2v) is 9.38. The van der Waals surface area contributed by atoms with Crippen LogP contribution in [-0.4, -0.2) is 73.6 Å². The van der Waals surface area contributed by atoms with Crippen molar-refractivity contribution in [2.75, 3.05) is 44.4 Å². The van der Waals surface area contributed by atoms with E-state index in [9.17, 15) is 8.42 Å². The average Bonchev–Trinajstić information content (AvgIpc) is 3.20. The minimum atomic E-state index is -3.17. The van der Waals surface area contributed by atoms with Crippen molar-refractivity contribution in [3.8, 4) is 11.3 Å². The van der Waals surface area contributed by atoms with E-state index in [4.69, 9.17) is 5.73 Å². The van der Waals surface area contributed by atoms with Crippen LogP contribution in [0.4, 0.5) is 5.82 Å². The number of sulfonamides is 1. The zero-order chi connectivity index (χ0) is 22.0. The fourth-order valence-corrected chi connectivity index (χ4v) is 4.58. The van der Waals surface area contributed by atoms with Gasteiger partial charge in [0.2, 0.25) is 10.0 Å². The summed E-state index contributed by atoms with van der Waals surface area (Å²) in [4.78, 5) is 10.7. The quantitative estimate of drug-likeness (QED) is 0.584. The van der Waals surface area contributed by atoms with Crippen LogP contribution in [0.5, 0.6) is 0 Å². The molecule has 0 bridgehead atoms. The monoisotopic (exact) mass is 439 g/mol. The van der Waals surface area contributed by atoms with Crippen LogP contribution in [-0.2, 0) is 10.0 Å². The number of hydrogen-bond acceptors (Lipinski definition) is 7. The van der Waals surface area contributed by atoms with Gasteiger partial charge in [-0.15, -0.1) is 0 Å². The number of nitrogens with two attached hydrogens (primary N) is 1. The Morgan fingerprint density at radius 1 is 1.19 bits per heavy atom. The number of rotatable bonds is 5. The molecule has 0 saturated carbocycles. The first-order chi connectivity index (χ1) is 14.9. The molecule has 3 heterocycles. The molecule has 1 fully saturated rings. The maximum atomic E-state index is 11.8. The highest BCUT2D eigenvalue weighted by atomic mass is 32.2. The summed E-state index contributed by atoms with van der Waals surface area (Å²) in [5.74, 6) is 0.804. The molecule has 10 heteroatoms. The van der Waals surface area contributed by atoms with Crippen LogP contribution in [0.1, 0.15) is 5.56 Å². The number of pyridine rings is 1. The highest BCUT2D eigenvalue weighted by molar-refractivity contribution is 7.88. The van der Waals surface area contributed by atoms with Gasteiger partial charge in [0.05, 0.1) is 11.8 Å². The molecule has 0 aliphatic carbocycles. The third-order valence-electron chi connectivity index (χ3n) is 5.39. The lowest BCUT2D eigenvalue weighted by Gasteiger charge is -2.34. The van der Waals surface area contributed by atoms with Crippen LogP contribution in [0.3, 0.4) is 0 Å². The number of benzene rings is 1. The SMILES string of the molecule is CN=CC(=CN)c1ccc2[nH]nc(-c3ccnc(N4CCN(S(C)(=O)=O)CC4)c3)c2c1. The first-order valence-electron chi connectivity index (χ1n) is 9.90. The normalized spacial score (nSPS) is 16.5. The van der Waals surface area contributed by atoms with Crippen molar-refractivity contribution in [1.82, 2.24) is 19.5 Å². The molecule has 0 amide bonds. The average molecular weight is 440 g/mol. The van der Waals surface area contributed by atoms with Crippen molar-refractivity contribution < 1.29 is 8.42 Å². The molecule has 2 aromatic heterocycles. The van der Waals surface area contributed by atoms with Gasteiger partial charge in [-0.2, -0.15) is 9.40 Å². The zero-order valence-corrected chi connectivity index (χ0v) is 18.3. The van der Waals surface area contributed by atoms with Gasteiger partial charge >= 0.3 is 0 Å². The first-order valence-corrected chi connectivity index (χ1v) is 11.7. The number of aromatic nitrogens is 3. The van der Waals surface area contributed by atoms with Gasteiger partial charge in [0.25, 0.3) is 0 Å². The molecule has 1 aliphatic heterocycles. The van der Waals surface area contributed by atoms with Gasteiger partial charge in [-0.1, -0.05) is 6.07 Å². The topological polar surface area (TPSA) is 121 Å². The fraction of sp³-hybridized carbons (Fsp3) is 0.286. The summed E-state index contributed by atoms with van der Waals surface area (Å²) >= 11 is 0. The lowest BCUT2D eigenvalue weighted by Crippen LogP contribution is -2.48. The van der Waals surface area contributed by atoms with Crippen LogP contribution < -0.4 is 10.6 Å². The molecule has 9 nitrogen and oxygen atoms in total. The van der Waals surface area contributed by atoms with Crippen LogP contribution in [0, 0.1) is 0 Å². The fourth-order valence-electron chi connectivity index (χ4n) is 3.75. The summed E-state index contributed by atoms with van der Waals surface area (Å²) in [6, 6.07) is 9.90. The molecule has 0 spiro atoms. The van der Waals surface area contributed by atoms with Gasteiger partial charge in [-0.05, 0) is 29.8 Å². The number of aliphatic imine (C=N–C) groups is 1. The van der Waals surface area contributed by atoms with Gasteiger partial charge in [-0.25, -0.2) is 13.4 Å². The number of nitrogens with zero attached hydrogens (tertiary/aromatic N) is 5. The van der Waals surface area contributed by atoms with Crippen molar-refractivity contribution in [1.29, 1.82) is 0 Å². The lowest BCUT2D eigenvalue weighted by molar-refractivity contribution is 0.387. The van der Waals surface area contributed by atoms with E-state index in [2.05, 4.69) is 25.1 Å². The summed E-state index contributed by atoms with van der Waals surface area (Å²) in [6.07, 6.45) is 6.26. The van der Waals surface area contributed by atoms with Crippen LogP contribution in [0.2, 0.25) is 0 Å². The maximum absolute atomic E-state index is 11.8. The van der Waals surface area contributed by atoms with E-state index in [1.807, 2.05) is 30.3 Å². The van der Waals surface area contributed by atoms with Crippen molar-refractivity contribution in [2.24, 2.45) is 10.7 Å². The Morgan fingerprint density at radius 2 is 1.97 bits per heavy atom. The number of nitrogens with one attached hydrogen (secondary N) is 1. The number of fused-ring (bicyclic) bond motifs is 1. The van der Waals surface area contributed by atoms with E-state index in [1.54, 1.807) is 19.5 Å². The predicted octanol–water partition coefficient (Wildman–Crippen LogP) is 1.71. The Bertz CT molecular complexity index is 1260. The maximum Gasteiger partial charge on any atom is 0.211 e. The second-order valence-electron chi connectivity index (χ2n) is 7.39. The second kappa shape index (κ2) is 8.48. The molecule has 1 aromatic carbocycles. The predicted molar refractivity (Wildman–Crippen MR) is 125 cm³/mol. The number of allylic oxidation sites excluding steroid dienone is 1. The minimum absolute atomic E-state index is 0.451. The van der Waals surface area contributed by atoms with E-state index in [-0.39, 0.29) is 0 Å². The molecule has 3 N–H and O–H groups in total. The first kappa shape index (κ1) is 21.0. The van der Waals surface area contributed by atoms with Gasteiger partial charge < -0.3 is 10.6 Å². The number of H-pyrrole nitrogens is 1. The molecule has 0 unspecified atom stereocenters. The van der Waals surface area contributed by atoms with Gasteiger partial charge in [0.15, 0.2) is 0 Å². The lowest BCUT2D eigenvalue weighted by atomic mass is 10.0. The third kappa shape index (κ3) is 4.30. The molecule has 1 saturated heterocycles. The van der Waals surface area contributed by atoms with Crippen LogP contribution in [0.25, 0.3) is 27.7 Å². The molecule has 0 atom stereocenters. The Kier molecular flexibility index (Phi) is 5.75. The van der Waals surface area contributed by atoms with Crippen molar-refractivity contribution in [3.05, 3.63) is 48.3 Å². The summed E-state index contributed by atoms with van der Waals surface area (Å²) in [6.45, 7) is 2.09. The summed E-state index contributed by atoms with van der Waals surface area (Å²) in [7, 11) is -1.46. The van der Waals surface area contributed by atoms with Crippen molar-refractivity contribution >= 4 is 38.5 Å².